The number of rotatable bonds is 2. The van der Waals surface area contributed by atoms with E-state index in [2.05, 4.69) is 46.8 Å². The van der Waals surface area contributed by atoms with Crippen LogP contribution in [-0.4, -0.2) is 0 Å². The van der Waals surface area contributed by atoms with Gasteiger partial charge >= 0.3 is 0 Å². The van der Waals surface area contributed by atoms with E-state index < -0.39 is 0 Å². The molecule has 0 radical (unpaired) electrons. The van der Waals surface area contributed by atoms with E-state index in [9.17, 15) is 4.39 Å². The third-order valence-electron chi connectivity index (χ3n) is 3.48. The van der Waals surface area contributed by atoms with Crippen LogP contribution in [0.3, 0.4) is 0 Å². The Morgan fingerprint density at radius 1 is 0.944 bits per heavy atom. The Bertz CT molecular complexity index is 580. The average molecular weight is 244 g/mol. The summed E-state index contributed by atoms with van der Waals surface area (Å²) in [5.74, 6) is 0.531. The fourth-order valence-corrected chi connectivity index (χ4v) is 2.68. The molecule has 2 rings (SSSR count). The lowest BCUT2D eigenvalue weighted by Gasteiger charge is -2.18. The quantitative estimate of drug-likeness (QED) is 0.651. The molecule has 0 spiro atoms. The molecular formula is C17H21F. The predicted molar refractivity (Wildman–Crippen MR) is 76.8 cm³/mol. The second-order valence-corrected chi connectivity index (χ2v) is 5.72. The van der Waals surface area contributed by atoms with Crippen LogP contribution in [0, 0.1) is 12.7 Å². The molecule has 0 nitrogen and oxygen atoms in total. The Hall–Kier alpha value is -1.37. The van der Waals surface area contributed by atoms with Crippen LogP contribution >= 0.6 is 0 Å². The number of hydrogen-bond donors (Lipinski definition) is 0. The van der Waals surface area contributed by atoms with Crippen molar-refractivity contribution in [1.29, 1.82) is 0 Å². The van der Waals surface area contributed by atoms with Crippen LogP contribution in [0.5, 0.6) is 0 Å². The summed E-state index contributed by atoms with van der Waals surface area (Å²) in [6, 6.07) is 7.83. The molecule has 2 aromatic carbocycles. The Morgan fingerprint density at radius 3 is 2.17 bits per heavy atom. The van der Waals surface area contributed by atoms with Crippen molar-refractivity contribution in [2.24, 2.45) is 0 Å². The van der Waals surface area contributed by atoms with E-state index in [4.69, 9.17) is 0 Å². The van der Waals surface area contributed by atoms with Gasteiger partial charge in [0.05, 0.1) is 0 Å². The van der Waals surface area contributed by atoms with Gasteiger partial charge in [0, 0.05) is 0 Å². The second-order valence-electron chi connectivity index (χ2n) is 5.72. The number of halogens is 1. The van der Waals surface area contributed by atoms with Crippen LogP contribution in [0.15, 0.2) is 24.3 Å². The minimum absolute atomic E-state index is 0.0803. The van der Waals surface area contributed by atoms with Crippen LogP contribution in [0.2, 0.25) is 0 Å². The predicted octanol–water partition coefficient (Wildman–Crippen LogP) is 5.53. The van der Waals surface area contributed by atoms with Crippen molar-refractivity contribution in [3.63, 3.8) is 0 Å². The molecule has 0 aliphatic heterocycles. The Kier molecular flexibility index (Phi) is 3.43. The zero-order valence-corrected chi connectivity index (χ0v) is 11.8. The second kappa shape index (κ2) is 4.72. The molecule has 2 aromatic rings. The lowest BCUT2D eigenvalue weighted by molar-refractivity contribution is 0.601. The van der Waals surface area contributed by atoms with Gasteiger partial charge < -0.3 is 0 Å². The van der Waals surface area contributed by atoms with Gasteiger partial charge in [0.2, 0.25) is 0 Å². The molecule has 0 atom stereocenters. The van der Waals surface area contributed by atoms with E-state index in [-0.39, 0.29) is 11.7 Å². The van der Waals surface area contributed by atoms with Crippen molar-refractivity contribution in [2.75, 3.05) is 0 Å². The molecule has 0 fully saturated rings. The Morgan fingerprint density at radius 2 is 1.61 bits per heavy atom. The Labute approximate surface area is 109 Å². The first-order valence-electron chi connectivity index (χ1n) is 6.64. The zero-order chi connectivity index (χ0) is 13.4. The molecule has 0 aromatic heterocycles. The van der Waals surface area contributed by atoms with Gasteiger partial charge in [-0.05, 0) is 46.7 Å². The third kappa shape index (κ3) is 2.14. The van der Waals surface area contributed by atoms with E-state index in [0.29, 0.717) is 5.92 Å². The highest BCUT2D eigenvalue weighted by Crippen LogP contribution is 2.34. The summed E-state index contributed by atoms with van der Waals surface area (Å²) in [6.45, 7) is 10.6. The normalized spacial score (nSPS) is 11.8. The van der Waals surface area contributed by atoms with Gasteiger partial charge in [-0.3, -0.25) is 0 Å². The molecule has 18 heavy (non-hydrogen) atoms. The first-order valence-corrected chi connectivity index (χ1v) is 6.64. The van der Waals surface area contributed by atoms with Crippen molar-refractivity contribution >= 4 is 10.8 Å². The SMILES string of the molecule is Cc1cc(C(C)C)c2c(C(C)C)c(F)ccc2c1. The maximum absolute atomic E-state index is 14.1. The van der Waals surface area contributed by atoms with Gasteiger partial charge in [-0.15, -0.1) is 0 Å². The minimum Gasteiger partial charge on any atom is -0.207 e. The molecule has 0 N–H and O–H groups in total. The number of hydrogen-bond acceptors (Lipinski definition) is 0. The number of aryl methyl sites for hydroxylation is 1. The van der Waals surface area contributed by atoms with E-state index >= 15 is 0 Å². The maximum atomic E-state index is 14.1. The summed E-state index contributed by atoms with van der Waals surface area (Å²) in [7, 11) is 0. The van der Waals surface area contributed by atoms with E-state index in [1.807, 2.05) is 6.07 Å². The van der Waals surface area contributed by atoms with Gasteiger partial charge in [0.15, 0.2) is 0 Å². The van der Waals surface area contributed by atoms with E-state index in [1.54, 1.807) is 6.07 Å². The van der Waals surface area contributed by atoms with Crippen LogP contribution in [0.25, 0.3) is 10.8 Å². The molecule has 0 bridgehead atoms. The molecule has 0 unspecified atom stereocenters. The molecule has 0 aliphatic rings. The number of benzene rings is 2. The molecule has 0 saturated heterocycles. The highest BCUT2D eigenvalue weighted by molar-refractivity contribution is 5.90. The summed E-state index contributed by atoms with van der Waals surface area (Å²) in [4.78, 5) is 0. The fourth-order valence-electron chi connectivity index (χ4n) is 2.68. The Balaban J connectivity index is 2.93. The summed E-state index contributed by atoms with van der Waals surface area (Å²) in [5.41, 5.74) is 3.36. The van der Waals surface area contributed by atoms with Gasteiger partial charge in [-0.2, -0.15) is 0 Å². The van der Waals surface area contributed by atoms with Crippen molar-refractivity contribution < 1.29 is 4.39 Å². The highest BCUT2D eigenvalue weighted by atomic mass is 19.1. The minimum atomic E-state index is -0.0803. The third-order valence-corrected chi connectivity index (χ3v) is 3.48. The summed E-state index contributed by atoms with van der Waals surface area (Å²) in [5, 5.41) is 2.27. The van der Waals surface area contributed by atoms with Crippen LogP contribution < -0.4 is 0 Å². The van der Waals surface area contributed by atoms with E-state index in [0.717, 1.165) is 16.3 Å². The largest absolute Gasteiger partial charge is 0.207 e. The van der Waals surface area contributed by atoms with Gasteiger partial charge in [0.1, 0.15) is 5.82 Å². The van der Waals surface area contributed by atoms with Crippen molar-refractivity contribution in [2.45, 2.75) is 46.5 Å². The van der Waals surface area contributed by atoms with Gasteiger partial charge in [-0.25, -0.2) is 4.39 Å². The smallest absolute Gasteiger partial charge is 0.127 e. The first-order chi connectivity index (χ1) is 8.41. The maximum Gasteiger partial charge on any atom is 0.127 e. The van der Waals surface area contributed by atoms with Gasteiger partial charge in [0.25, 0.3) is 0 Å². The fraction of sp³-hybridized carbons (Fsp3) is 0.412. The standard InChI is InChI=1S/C17H21F/c1-10(2)14-9-12(5)8-13-6-7-15(18)16(11(3)4)17(13)14/h6-11H,1-5H3. The summed E-state index contributed by atoms with van der Waals surface area (Å²) >= 11 is 0. The molecular weight excluding hydrogens is 223 g/mol. The van der Waals surface area contributed by atoms with Crippen LogP contribution in [0.1, 0.15) is 56.2 Å². The molecule has 0 aliphatic carbocycles. The molecule has 0 amide bonds. The van der Waals surface area contributed by atoms with Crippen molar-refractivity contribution in [3.05, 3.63) is 46.8 Å². The summed E-state index contributed by atoms with van der Waals surface area (Å²) < 4.78 is 14.1. The molecule has 1 heteroatoms. The monoisotopic (exact) mass is 244 g/mol. The number of fused-ring (bicyclic) bond motifs is 1. The average Bonchev–Trinajstić information content (AvgIpc) is 2.27. The van der Waals surface area contributed by atoms with Crippen molar-refractivity contribution in [1.82, 2.24) is 0 Å². The van der Waals surface area contributed by atoms with Crippen LogP contribution in [-0.2, 0) is 0 Å². The topological polar surface area (TPSA) is 0 Å². The molecule has 96 valence electrons. The zero-order valence-electron chi connectivity index (χ0n) is 11.8. The van der Waals surface area contributed by atoms with E-state index in [1.165, 1.54) is 11.1 Å². The lowest BCUT2D eigenvalue weighted by Crippen LogP contribution is -2.00. The molecule has 0 heterocycles. The lowest BCUT2D eigenvalue weighted by atomic mass is 9.87. The van der Waals surface area contributed by atoms with Crippen LogP contribution in [0.4, 0.5) is 4.39 Å². The highest BCUT2D eigenvalue weighted by Gasteiger charge is 2.16. The molecule has 0 saturated carbocycles. The van der Waals surface area contributed by atoms with Crippen molar-refractivity contribution in [3.8, 4) is 0 Å². The van der Waals surface area contributed by atoms with Gasteiger partial charge in [-0.1, -0.05) is 51.5 Å². The first kappa shape index (κ1) is 13.1. The summed E-state index contributed by atoms with van der Waals surface area (Å²) in [6.07, 6.45) is 0.